The van der Waals surface area contributed by atoms with Crippen LogP contribution in [0.25, 0.3) is 0 Å². The number of carboxylic acid groups (broad SMARTS) is 1. The molecule has 5 nitrogen and oxygen atoms in total. The van der Waals surface area contributed by atoms with Gasteiger partial charge >= 0.3 is 11.7 Å². The fourth-order valence-corrected chi connectivity index (χ4v) is 1.08. The van der Waals surface area contributed by atoms with Crippen molar-refractivity contribution in [1.29, 1.82) is 0 Å². The summed E-state index contributed by atoms with van der Waals surface area (Å²) in [4.78, 5) is 19.7. The number of nitro groups is 1. The van der Waals surface area contributed by atoms with Gasteiger partial charge in [0.2, 0.25) is 5.82 Å². The summed E-state index contributed by atoms with van der Waals surface area (Å²) in [5.74, 6) is -2.67. The number of hydrogen-bond donors (Lipinski definition) is 1. The van der Waals surface area contributed by atoms with E-state index in [2.05, 4.69) is 0 Å². The van der Waals surface area contributed by atoms with Gasteiger partial charge in [0, 0.05) is 6.07 Å². The van der Waals surface area contributed by atoms with E-state index in [4.69, 9.17) is 16.7 Å². The van der Waals surface area contributed by atoms with Crippen molar-refractivity contribution >= 4 is 23.3 Å². The lowest BCUT2D eigenvalue weighted by molar-refractivity contribution is -0.387. The van der Waals surface area contributed by atoms with Gasteiger partial charge in [-0.15, -0.1) is 0 Å². The molecule has 0 saturated heterocycles. The lowest BCUT2D eigenvalue weighted by Crippen LogP contribution is -2.01. The number of hydrogen-bond acceptors (Lipinski definition) is 3. The summed E-state index contributed by atoms with van der Waals surface area (Å²) in [5, 5.41) is 18.3. The van der Waals surface area contributed by atoms with Gasteiger partial charge in [-0.2, -0.15) is 4.39 Å². The Morgan fingerprint density at radius 2 is 2.14 bits per heavy atom. The maximum Gasteiger partial charge on any atom is 0.337 e. The molecule has 0 aromatic heterocycles. The first-order valence-corrected chi connectivity index (χ1v) is 3.68. The van der Waals surface area contributed by atoms with Gasteiger partial charge in [0.25, 0.3) is 0 Å². The number of rotatable bonds is 2. The third-order valence-electron chi connectivity index (χ3n) is 1.46. The molecule has 0 saturated carbocycles. The Morgan fingerprint density at radius 3 is 2.57 bits per heavy atom. The van der Waals surface area contributed by atoms with Crippen LogP contribution in [0.15, 0.2) is 12.1 Å². The Morgan fingerprint density at radius 1 is 1.57 bits per heavy atom. The first-order valence-electron chi connectivity index (χ1n) is 3.30. The molecule has 14 heavy (non-hydrogen) atoms. The molecule has 7 heteroatoms. The second kappa shape index (κ2) is 3.59. The van der Waals surface area contributed by atoms with Crippen molar-refractivity contribution in [2.24, 2.45) is 0 Å². The van der Waals surface area contributed by atoms with E-state index in [9.17, 15) is 19.3 Å². The van der Waals surface area contributed by atoms with Crippen LogP contribution in [-0.4, -0.2) is 16.0 Å². The standard InChI is InChI=1S/C7H3ClFNO4/c8-4-2-6(10(13)14)5(9)1-3(4)7(11)12/h1-2H,(H,11,12). The number of nitro benzene ring substituents is 1. The average molecular weight is 220 g/mol. The van der Waals surface area contributed by atoms with Crippen molar-refractivity contribution in [2.45, 2.75) is 0 Å². The highest BCUT2D eigenvalue weighted by Gasteiger charge is 2.20. The summed E-state index contributed by atoms with van der Waals surface area (Å²) >= 11 is 5.39. The van der Waals surface area contributed by atoms with E-state index in [1.807, 2.05) is 0 Å². The van der Waals surface area contributed by atoms with E-state index < -0.39 is 28.0 Å². The van der Waals surface area contributed by atoms with Gasteiger partial charge in [-0.3, -0.25) is 10.1 Å². The molecule has 0 bridgehead atoms. The van der Waals surface area contributed by atoms with Crippen molar-refractivity contribution in [1.82, 2.24) is 0 Å². The Hall–Kier alpha value is -1.69. The maximum atomic E-state index is 12.9. The highest BCUT2D eigenvalue weighted by Crippen LogP contribution is 2.25. The molecule has 0 atom stereocenters. The Balaban J connectivity index is 3.38. The molecule has 0 aliphatic heterocycles. The number of aromatic carboxylic acids is 1. The molecule has 74 valence electrons. The lowest BCUT2D eigenvalue weighted by atomic mass is 10.2. The quantitative estimate of drug-likeness (QED) is 0.610. The van der Waals surface area contributed by atoms with Crippen molar-refractivity contribution < 1.29 is 19.2 Å². The molecule has 0 spiro atoms. The zero-order valence-electron chi connectivity index (χ0n) is 6.53. The first kappa shape index (κ1) is 10.4. The fourth-order valence-electron chi connectivity index (χ4n) is 0.840. The Labute approximate surface area is 81.9 Å². The minimum Gasteiger partial charge on any atom is -0.478 e. The predicted molar refractivity (Wildman–Crippen MR) is 45.0 cm³/mol. The minimum absolute atomic E-state index is 0.370. The molecule has 1 aromatic carbocycles. The Bertz CT molecular complexity index is 381. The molecular weight excluding hydrogens is 217 g/mol. The summed E-state index contributed by atoms with van der Waals surface area (Å²) in [6, 6.07) is 1.18. The van der Waals surface area contributed by atoms with Gasteiger partial charge in [-0.25, -0.2) is 4.79 Å². The second-order valence-corrected chi connectivity index (χ2v) is 2.75. The molecule has 0 aliphatic carbocycles. The molecule has 1 N–H and O–H groups in total. The van der Waals surface area contributed by atoms with Crippen LogP contribution >= 0.6 is 11.6 Å². The highest BCUT2D eigenvalue weighted by atomic mass is 35.5. The Kier molecular flexibility index (Phi) is 2.66. The topological polar surface area (TPSA) is 80.4 Å². The van der Waals surface area contributed by atoms with E-state index in [-0.39, 0.29) is 5.02 Å². The molecule has 0 radical (unpaired) electrons. The van der Waals surface area contributed by atoms with Crippen molar-refractivity contribution in [3.8, 4) is 0 Å². The zero-order valence-corrected chi connectivity index (χ0v) is 7.29. The van der Waals surface area contributed by atoms with Gasteiger partial charge < -0.3 is 5.11 Å². The SMILES string of the molecule is O=C(O)c1cc(F)c([N+](=O)[O-])cc1Cl. The highest BCUT2D eigenvalue weighted by molar-refractivity contribution is 6.33. The molecular formula is C7H3ClFNO4. The summed E-state index contributed by atoms with van der Waals surface area (Å²) in [5.41, 5.74) is -1.35. The number of carbonyl (C=O) groups is 1. The van der Waals surface area contributed by atoms with Crippen LogP contribution in [0.1, 0.15) is 10.4 Å². The predicted octanol–water partition coefficient (Wildman–Crippen LogP) is 2.09. The van der Waals surface area contributed by atoms with E-state index in [1.54, 1.807) is 0 Å². The summed E-state index contributed by atoms with van der Waals surface area (Å²) in [6.45, 7) is 0. The van der Waals surface area contributed by atoms with E-state index in [1.165, 1.54) is 0 Å². The molecule has 0 heterocycles. The minimum atomic E-state index is -1.44. The zero-order chi connectivity index (χ0) is 10.9. The summed E-state index contributed by atoms with van der Waals surface area (Å²) < 4.78 is 12.9. The normalized spacial score (nSPS) is 9.86. The molecule has 0 amide bonds. The second-order valence-electron chi connectivity index (χ2n) is 2.35. The van der Waals surface area contributed by atoms with Crippen molar-refractivity contribution in [2.75, 3.05) is 0 Å². The van der Waals surface area contributed by atoms with Crippen molar-refractivity contribution in [3.63, 3.8) is 0 Å². The van der Waals surface area contributed by atoms with E-state index in [0.717, 1.165) is 0 Å². The third-order valence-corrected chi connectivity index (χ3v) is 1.78. The lowest BCUT2D eigenvalue weighted by Gasteiger charge is -1.99. The molecule has 0 fully saturated rings. The van der Waals surface area contributed by atoms with Gasteiger partial charge in [-0.1, -0.05) is 11.6 Å². The average Bonchev–Trinajstić information content (AvgIpc) is 2.07. The monoisotopic (exact) mass is 219 g/mol. The third kappa shape index (κ3) is 1.80. The van der Waals surface area contributed by atoms with E-state index >= 15 is 0 Å². The first-order chi connectivity index (χ1) is 6.43. The van der Waals surface area contributed by atoms with Crippen LogP contribution in [-0.2, 0) is 0 Å². The van der Waals surface area contributed by atoms with Gasteiger partial charge in [-0.05, 0) is 6.07 Å². The number of nitrogens with zero attached hydrogens (tertiary/aromatic N) is 1. The van der Waals surface area contributed by atoms with Crippen LogP contribution in [0, 0.1) is 15.9 Å². The summed E-state index contributed by atoms with van der Waals surface area (Å²) in [7, 11) is 0. The van der Waals surface area contributed by atoms with E-state index in [0.29, 0.717) is 12.1 Å². The van der Waals surface area contributed by atoms with Crippen LogP contribution in [0.3, 0.4) is 0 Å². The maximum absolute atomic E-state index is 12.9. The van der Waals surface area contributed by atoms with Crippen LogP contribution in [0.4, 0.5) is 10.1 Å². The number of benzene rings is 1. The summed E-state index contributed by atoms with van der Waals surface area (Å²) in [6.07, 6.45) is 0. The van der Waals surface area contributed by atoms with Gasteiger partial charge in [0.05, 0.1) is 15.5 Å². The fraction of sp³-hybridized carbons (Fsp3) is 0. The van der Waals surface area contributed by atoms with Crippen LogP contribution in [0.2, 0.25) is 5.02 Å². The molecule has 1 rings (SSSR count). The van der Waals surface area contributed by atoms with Gasteiger partial charge in [0.1, 0.15) is 0 Å². The van der Waals surface area contributed by atoms with Gasteiger partial charge in [0.15, 0.2) is 0 Å². The largest absolute Gasteiger partial charge is 0.478 e. The van der Waals surface area contributed by atoms with Crippen molar-refractivity contribution in [3.05, 3.63) is 38.7 Å². The molecule has 0 aliphatic rings. The molecule has 0 unspecified atom stereocenters. The smallest absolute Gasteiger partial charge is 0.337 e. The number of carboxylic acids is 1. The van der Waals surface area contributed by atoms with Crippen LogP contribution in [0.5, 0.6) is 0 Å². The molecule has 1 aromatic rings. The number of halogens is 2. The van der Waals surface area contributed by atoms with Crippen LogP contribution < -0.4 is 0 Å².